The van der Waals surface area contributed by atoms with Crippen LogP contribution in [0.1, 0.15) is 23.1 Å². The molecule has 2 heterocycles. The first-order chi connectivity index (χ1) is 15.9. The summed E-state index contributed by atoms with van der Waals surface area (Å²) in [5.74, 6) is -0.413. The van der Waals surface area contributed by atoms with Gasteiger partial charge in [0.1, 0.15) is 5.25 Å². The van der Waals surface area contributed by atoms with Crippen LogP contribution in [0.15, 0.2) is 60.0 Å². The number of benzene rings is 2. The third-order valence-corrected chi connectivity index (χ3v) is 7.14. The van der Waals surface area contributed by atoms with Gasteiger partial charge < -0.3 is 10.2 Å². The molecule has 4 rings (SSSR count). The Morgan fingerprint density at radius 1 is 1.12 bits per heavy atom. The van der Waals surface area contributed by atoms with Crippen LogP contribution >= 0.6 is 23.4 Å². The summed E-state index contributed by atoms with van der Waals surface area (Å²) < 4.78 is 0. The second kappa shape index (κ2) is 10.4. The Hall–Kier alpha value is -2.77. The monoisotopic (exact) mass is 483 g/mol. The number of aryl methyl sites for hydroxylation is 1. The summed E-state index contributed by atoms with van der Waals surface area (Å²) in [5, 5.41) is 5.07. The number of amides is 4. The number of carbonyl (C=O) groups is 3. The minimum absolute atomic E-state index is 0.0680. The van der Waals surface area contributed by atoms with Crippen molar-refractivity contribution in [3.63, 3.8) is 0 Å². The van der Waals surface area contributed by atoms with Crippen LogP contribution in [0.25, 0.3) is 0 Å². The molecular formula is C25H26ClN3O3S. The maximum Gasteiger partial charge on any atom is 0.327 e. The number of halogens is 1. The van der Waals surface area contributed by atoms with Gasteiger partial charge >= 0.3 is 6.03 Å². The summed E-state index contributed by atoms with van der Waals surface area (Å²) in [6.07, 6.45) is 2.68. The summed E-state index contributed by atoms with van der Waals surface area (Å²) in [6, 6.07) is 14.9. The molecule has 8 heteroatoms. The number of nitrogens with one attached hydrogen (secondary N) is 1. The third-order valence-electron chi connectivity index (χ3n) is 5.80. The molecule has 1 N–H and O–H groups in total. The molecule has 0 spiro atoms. The normalized spacial score (nSPS) is 19.7. The zero-order valence-corrected chi connectivity index (χ0v) is 19.9. The summed E-state index contributed by atoms with van der Waals surface area (Å²) in [6.45, 7) is 2.98. The van der Waals surface area contributed by atoms with Crippen LogP contribution in [-0.4, -0.2) is 52.0 Å². The van der Waals surface area contributed by atoms with Crippen molar-refractivity contribution in [1.29, 1.82) is 0 Å². The summed E-state index contributed by atoms with van der Waals surface area (Å²) in [5.41, 5.74) is 3.21. The lowest BCUT2D eigenvalue weighted by Crippen LogP contribution is -2.61. The molecule has 0 aromatic heterocycles. The Bertz CT molecular complexity index is 1070. The van der Waals surface area contributed by atoms with Crippen LogP contribution in [0.4, 0.5) is 4.79 Å². The summed E-state index contributed by atoms with van der Waals surface area (Å²) >= 11 is 7.32. The average molecular weight is 484 g/mol. The highest BCUT2D eigenvalue weighted by Gasteiger charge is 2.47. The number of hydrogen-bond acceptors (Lipinski definition) is 4. The van der Waals surface area contributed by atoms with Gasteiger partial charge in [0.25, 0.3) is 0 Å². The molecule has 33 heavy (non-hydrogen) atoms. The molecule has 2 atom stereocenters. The van der Waals surface area contributed by atoms with Crippen molar-refractivity contribution < 1.29 is 14.4 Å². The van der Waals surface area contributed by atoms with Crippen molar-refractivity contribution >= 4 is 41.2 Å². The second-order valence-electron chi connectivity index (χ2n) is 8.24. The number of carbonyl (C=O) groups excluding carboxylic acids is 3. The smallest absolute Gasteiger partial charge is 0.327 e. The second-order valence-corrected chi connectivity index (χ2v) is 9.73. The Kier molecular flexibility index (Phi) is 7.40. The molecule has 1 fully saturated rings. The van der Waals surface area contributed by atoms with E-state index in [2.05, 4.69) is 5.32 Å². The minimum atomic E-state index is -0.361. The molecule has 0 bridgehead atoms. The van der Waals surface area contributed by atoms with Gasteiger partial charge in [-0.3, -0.25) is 14.5 Å². The quantitative estimate of drug-likeness (QED) is 0.612. The number of fused-ring (bicyclic) bond motifs is 1. The van der Waals surface area contributed by atoms with Crippen molar-refractivity contribution in [2.45, 2.75) is 37.6 Å². The molecule has 2 aromatic rings. The zero-order chi connectivity index (χ0) is 23.4. The Morgan fingerprint density at radius 2 is 1.91 bits per heavy atom. The van der Waals surface area contributed by atoms with Crippen molar-refractivity contribution in [1.82, 2.24) is 15.1 Å². The van der Waals surface area contributed by atoms with Crippen molar-refractivity contribution in [3.05, 3.63) is 81.7 Å². The molecule has 2 aliphatic rings. The van der Waals surface area contributed by atoms with Gasteiger partial charge in [-0.15, -0.1) is 11.8 Å². The Balaban J connectivity index is 1.35. The fraction of sp³-hybridized carbons (Fsp3) is 0.320. The number of thioether (sulfide) groups is 1. The molecule has 2 aliphatic heterocycles. The molecule has 0 saturated carbocycles. The first kappa shape index (κ1) is 23.4. The highest BCUT2D eigenvalue weighted by atomic mass is 35.5. The van der Waals surface area contributed by atoms with Gasteiger partial charge in [-0.05, 0) is 42.0 Å². The molecule has 172 valence electrons. The lowest BCUT2D eigenvalue weighted by atomic mass is 10.1. The van der Waals surface area contributed by atoms with E-state index in [1.54, 1.807) is 4.90 Å². The number of nitrogens with zero attached hydrogens (tertiary/aromatic N) is 2. The van der Waals surface area contributed by atoms with E-state index in [-0.39, 0.29) is 42.1 Å². The lowest BCUT2D eigenvalue weighted by Gasteiger charge is -2.41. The Labute approximate surface area is 203 Å². The van der Waals surface area contributed by atoms with Crippen LogP contribution in [0.2, 0.25) is 5.02 Å². The predicted octanol–water partition coefficient (Wildman–Crippen LogP) is 4.16. The maximum atomic E-state index is 13.3. The van der Waals surface area contributed by atoms with Crippen molar-refractivity contribution in [2.75, 3.05) is 13.1 Å². The summed E-state index contributed by atoms with van der Waals surface area (Å²) in [7, 11) is 0. The first-order valence-corrected chi connectivity index (χ1v) is 12.3. The van der Waals surface area contributed by atoms with E-state index in [4.69, 9.17) is 11.6 Å². The van der Waals surface area contributed by atoms with Crippen LogP contribution in [0, 0.1) is 6.92 Å². The van der Waals surface area contributed by atoms with E-state index < -0.39 is 0 Å². The number of hydrogen-bond donors (Lipinski definition) is 1. The van der Waals surface area contributed by atoms with E-state index in [9.17, 15) is 14.4 Å². The molecule has 2 unspecified atom stereocenters. The van der Waals surface area contributed by atoms with Gasteiger partial charge in [0.15, 0.2) is 0 Å². The van der Waals surface area contributed by atoms with E-state index >= 15 is 0 Å². The first-order valence-electron chi connectivity index (χ1n) is 10.9. The van der Waals surface area contributed by atoms with E-state index in [1.807, 2.05) is 66.9 Å². The molecular weight excluding hydrogens is 458 g/mol. The third kappa shape index (κ3) is 5.60. The molecule has 6 nitrogen and oxygen atoms in total. The Morgan fingerprint density at radius 3 is 2.67 bits per heavy atom. The number of imide groups is 1. The van der Waals surface area contributed by atoms with Gasteiger partial charge in [0.05, 0.1) is 6.04 Å². The van der Waals surface area contributed by atoms with Crippen molar-refractivity contribution in [2.24, 2.45) is 0 Å². The fourth-order valence-electron chi connectivity index (χ4n) is 4.08. The standard InChI is InChI=1S/C25H26ClN3O3S/c1-17-3-2-4-19(15-17)16-29-21-11-14-33-23(21)24(31)28(25(29)32)13-10-22(30)27-12-9-18-5-7-20(26)8-6-18/h2-8,11,14-15,21,23H,9-10,12-13,16H2,1H3,(H,27,30). The number of rotatable bonds is 8. The zero-order valence-electron chi connectivity index (χ0n) is 18.4. The van der Waals surface area contributed by atoms with Crippen LogP contribution in [-0.2, 0) is 22.6 Å². The topological polar surface area (TPSA) is 69.7 Å². The van der Waals surface area contributed by atoms with E-state index in [0.717, 1.165) is 16.7 Å². The van der Waals surface area contributed by atoms with Gasteiger partial charge in [0.2, 0.25) is 11.8 Å². The maximum absolute atomic E-state index is 13.3. The largest absolute Gasteiger partial charge is 0.356 e. The van der Waals surface area contributed by atoms with Crippen LogP contribution in [0.3, 0.4) is 0 Å². The fourth-order valence-corrected chi connectivity index (χ4v) is 5.27. The van der Waals surface area contributed by atoms with Crippen LogP contribution < -0.4 is 5.32 Å². The predicted molar refractivity (Wildman–Crippen MR) is 131 cm³/mol. The highest BCUT2D eigenvalue weighted by molar-refractivity contribution is 8.03. The molecule has 4 amide bonds. The van der Waals surface area contributed by atoms with Crippen molar-refractivity contribution in [3.8, 4) is 0 Å². The highest BCUT2D eigenvalue weighted by Crippen LogP contribution is 2.35. The number of urea groups is 1. The van der Waals surface area contributed by atoms with Gasteiger partial charge in [-0.25, -0.2) is 4.79 Å². The SMILES string of the molecule is Cc1cccc(CN2C(=O)N(CCC(=O)NCCc3ccc(Cl)cc3)C(=O)C3SC=CC32)c1. The molecule has 0 aliphatic carbocycles. The lowest BCUT2D eigenvalue weighted by molar-refractivity contribution is -0.131. The molecule has 0 radical (unpaired) electrons. The van der Waals surface area contributed by atoms with E-state index in [1.165, 1.54) is 16.7 Å². The molecule has 2 aromatic carbocycles. The minimum Gasteiger partial charge on any atom is -0.356 e. The van der Waals surface area contributed by atoms with Gasteiger partial charge in [-0.1, -0.05) is 59.6 Å². The van der Waals surface area contributed by atoms with Gasteiger partial charge in [0, 0.05) is 31.1 Å². The van der Waals surface area contributed by atoms with E-state index in [0.29, 0.717) is 24.5 Å². The summed E-state index contributed by atoms with van der Waals surface area (Å²) in [4.78, 5) is 41.6. The van der Waals surface area contributed by atoms with Crippen LogP contribution in [0.5, 0.6) is 0 Å². The molecule has 1 saturated heterocycles. The van der Waals surface area contributed by atoms with Gasteiger partial charge in [-0.2, -0.15) is 0 Å². The average Bonchev–Trinajstić information content (AvgIpc) is 3.28.